The van der Waals surface area contributed by atoms with E-state index in [2.05, 4.69) is 10.0 Å². The molecule has 7 nitrogen and oxygen atoms in total. The Kier molecular flexibility index (Phi) is 4.76. The Morgan fingerprint density at radius 3 is 2.67 bits per heavy atom. The van der Waals surface area contributed by atoms with Gasteiger partial charge in [-0.15, -0.1) is 0 Å². The molecule has 2 rings (SSSR count). The Morgan fingerprint density at radius 1 is 1.43 bits per heavy atom. The van der Waals surface area contributed by atoms with Crippen LogP contribution in [0.25, 0.3) is 0 Å². The lowest BCUT2D eigenvalue weighted by Gasteiger charge is -2.10. The summed E-state index contributed by atoms with van der Waals surface area (Å²) in [6.07, 6.45) is 1.91. The van der Waals surface area contributed by atoms with Gasteiger partial charge in [-0.3, -0.25) is 0 Å². The van der Waals surface area contributed by atoms with Crippen molar-refractivity contribution in [2.75, 3.05) is 18.6 Å². The van der Waals surface area contributed by atoms with Gasteiger partial charge in [-0.1, -0.05) is 0 Å². The molecule has 1 unspecified atom stereocenters. The molecule has 1 aliphatic rings. The molecule has 1 aromatic rings. The van der Waals surface area contributed by atoms with E-state index in [9.17, 15) is 16.8 Å². The lowest BCUT2D eigenvalue weighted by Crippen LogP contribution is -2.35. The number of rotatable bonds is 6. The first-order valence-electron chi connectivity index (χ1n) is 6.84. The molecule has 9 heteroatoms. The zero-order valence-electron chi connectivity index (χ0n) is 12.2. The summed E-state index contributed by atoms with van der Waals surface area (Å²) in [5.74, 6) is -0.0781. The largest absolute Gasteiger partial charge is 0.349 e. The zero-order valence-corrected chi connectivity index (χ0v) is 13.8. The molecule has 0 bridgehead atoms. The maximum atomic E-state index is 12.3. The van der Waals surface area contributed by atoms with Gasteiger partial charge in [0, 0.05) is 31.0 Å². The van der Waals surface area contributed by atoms with Gasteiger partial charge in [0.05, 0.1) is 16.4 Å². The Hall–Kier alpha value is -0.900. The number of sulfone groups is 1. The van der Waals surface area contributed by atoms with Gasteiger partial charge < -0.3 is 9.88 Å². The van der Waals surface area contributed by atoms with Gasteiger partial charge >= 0.3 is 0 Å². The molecule has 0 spiro atoms. The summed E-state index contributed by atoms with van der Waals surface area (Å²) < 4.78 is 51.9. The van der Waals surface area contributed by atoms with E-state index in [1.807, 2.05) is 11.5 Å². The van der Waals surface area contributed by atoms with Gasteiger partial charge in [-0.05, 0) is 26.5 Å². The summed E-state index contributed by atoms with van der Waals surface area (Å²) in [6, 6.07) is 1.09. The molecule has 0 aromatic carbocycles. The van der Waals surface area contributed by atoms with Crippen molar-refractivity contribution in [2.24, 2.45) is 0 Å². The molecule has 2 heterocycles. The third kappa shape index (κ3) is 3.85. The highest BCUT2D eigenvalue weighted by Gasteiger charge is 2.31. The molecule has 1 aromatic heterocycles. The molecule has 0 aliphatic carbocycles. The molecule has 1 aliphatic heterocycles. The molecule has 0 saturated carbocycles. The Balaban J connectivity index is 2.20. The minimum Gasteiger partial charge on any atom is -0.349 e. The molecule has 21 heavy (non-hydrogen) atoms. The fourth-order valence-electron chi connectivity index (χ4n) is 2.47. The van der Waals surface area contributed by atoms with Crippen molar-refractivity contribution < 1.29 is 16.8 Å². The van der Waals surface area contributed by atoms with E-state index in [-0.39, 0.29) is 16.4 Å². The van der Waals surface area contributed by atoms with Crippen LogP contribution in [-0.2, 0) is 33.0 Å². The van der Waals surface area contributed by atoms with Gasteiger partial charge in [0.1, 0.15) is 0 Å². The zero-order chi connectivity index (χ0) is 15.7. The Labute approximate surface area is 125 Å². The normalized spacial score (nSPS) is 21.7. The van der Waals surface area contributed by atoms with Crippen molar-refractivity contribution in [1.29, 1.82) is 0 Å². The molecule has 1 saturated heterocycles. The lowest BCUT2D eigenvalue weighted by atomic mass is 10.3. The van der Waals surface area contributed by atoms with E-state index >= 15 is 0 Å². The van der Waals surface area contributed by atoms with E-state index in [4.69, 9.17) is 0 Å². The second-order valence-electron chi connectivity index (χ2n) is 5.20. The SMILES string of the molecule is CCn1cc(S(=O)(=O)NC2CCS(=O)(=O)C2)cc1CNC. The van der Waals surface area contributed by atoms with Crippen LogP contribution in [0.15, 0.2) is 17.2 Å². The van der Waals surface area contributed by atoms with Crippen molar-refractivity contribution in [3.05, 3.63) is 18.0 Å². The predicted octanol–water partition coefficient (Wildman–Crippen LogP) is -0.307. The van der Waals surface area contributed by atoms with Crippen molar-refractivity contribution in [3.8, 4) is 0 Å². The summed E-state index contributed by atoms with van der Waals surface area (Å²) in [7, 11) is -5.00. The van der Waals surface area contributed by atoms with Crippen LogP contribution in [-0.4, -0.2) is 46.0 Å². The second kappa shape index (κ2) is 6.07. The number of hydrogen-bond donors (Lipinski definition) is 2. The van der Waals surface area contributed by atoms with Crippen LogP contribution in [0.2, 0.25) is 0 Å². The summed E-state index contributed by atoms with van der Waals surface area (Å²) in [4.78, 5) is 0.180. The summed E-state index contributed by atoms with van der Waals surface area (Å²) in [5.41, 5.74) is 0.874. The second-order valence-corrected chi connectivity index (χ2v) is 9.15. The average Bonchev–Trinajstić information content (AvgIpc) is 2.93. The summed E-state index contributed by atoms with van der Waals surface area (Å²) >= 11 is 0. The van der Waals surface area contributed by atoms with Crippen LogP contribution < -0.4 is 10.0 Å². The average molecular weight is 335 g/mol. The summed E-state index contributed by atoms with van der Waals surface area (Å²) in [5, 5.41) is 2.99. The van der Waals surface area contributed by atoms with E-state index in [1.165, 1.54) is 0 Å². The molecule has 0 radical (unpaired) electrons. The first-order chi connectivity index (χ1) is 9.77. The minimum absolute atomic E-state index is 0.0428. The molecule has 1 fully saturated rings. The number of aryl methyl sites for hydroxylation is 1. The number of nitrogens with zero attached hydrogens (tertiary/aromatic N) is 1. The highest BCUT2D eigenvalue weighted by atomic mass is 32.2. The van der Waals surface area contributed by atoms with Gasteiger partial charge in [0.2, 0.25) is 10.0 Å². The third-order valence-electron chi connectivity index (χ3n) is 3.52. The van der Waals surface area contributed by atoms with Gasteiger partial charge in [0.15, 0.2) is 9.84 Å². The minimum atomic E-state index is -3.69. The Bertz CT molecular complexity index is 707. The highest BCUT2D eigenvalue weighted by molar-refractivity contribution is 7.92. The van der Waals surface area contributed by atoms with E-state index in [0.29, 0.717) is 19.5 Å². The van der Waals surface area contributed by atoms with E-state index < -0.39 is 25.9 Å². The van der Waals surface area contributed by atoms with Crippen LogP contribution >= 0.6 is 0 Å². The first-order valence-corrected chi connectivity index (χ1v) is 10.1. The standard InChI is InChI=1S/C12H21N3O4S2/c1-3-15-8-12(6-11(15)7-13-2)21(18,19)14-10-4-5-20(16,17)9-10/h6,8,10,13-14H,3-5,7,9H2,1-2H3. The first kappa shape index (κ1) is 16.5. The molecule has 120 valence electrons. The maximum absolute atomic E-state index is 12.3. The van der Waals surface area contributed by atoms with Crippen molar-refractivity contribution in [1.82, 2.24) is 14.6 Å². The van der Waals surface area contributed by atoms with Crippen molar-refractivity contribution in [2.45, 2.75) is 37.4 Å². The van der Waals surface area contributed by atoms with Crippen LogP contribution in [0.3, 0.4) is 0 Å². The van der Waals surface area contributed by atoms with Gasteiger partial charge in [-0.2, -0.15) is 0 Å². The van der Waals surface area contributed by atoms with Crippen LogP contribution in [0.5, 0.6) is 0 Å². The van der Waals surface area contributed by atoms with E-state index in [1.54, 1.807) is 19.3 Å². The smallest absolute Gasteiger partial charge is 0.242 e. The van der Waals surface area contributed by atoms with Crippen LogP contribution in [0, 0.1) is 0 Å². The predicted molar refractivity (Wildman–Crippen MR) is 80.3 cm³/mol. The molecule has 0 amide bonds. The molecular weight excluding hydrogens is 314 g/mol. The van der Waals surface area contributed by atoms with Gasteiger partial charge in [0.25, 0.3) is 0 Å². The topological polar surface area (TPSA) is 97.3 Å². The molecule has 1 atom stereocenters. The Morgan fingerprint density at radius 2 is 2.14 bits per heavy atom. The van der Waals surface area contributed by atoms with Crippen LogP contribution in [0.1, 0.15) is 19.0 Å². The highest BCUT2D eigenvalue weighted by Crippen LogP contribution is 2.18. The fraction of sp³-hybridized carbons (Fsp3) is 0.667. The summed E-state index contributed by atoms with van der Waals surface area (Å²) in [6.45, 7) is 3.18. The van der Waals surface area contributed by atoms with Crippen LogP contribution in [0.4, 0.5) is 0 Å². The number of aromatic nitrogens is 1. The quantitative estimate of drug-likeness (QED) is 0.743. The molecular formula is C12H21N3O4S2. The van der Waals surface area contributed by atoms with Crippen molar-refractivity contribution in [3.63, 3.8) is 0 Å². The number of sulfonamides is 1. The molecule has 2 N–H and O–H groups in total. The third-order valence-corrected chi connectivity index (χ3v) is 6.78. The van der Waals surface area contributed by atoms with E-state index in [0.717, 1.165) is 5.69 Å². The lowest BCUT2D eigenvalue weighted by molar-refractivity contribution is 0.562. The number of hydrogen-bond acceptors (Lipinski definition) is 5. The monoisotopic (exact) mass is 335 g/mol. The van der Waals surface area contributed by atoms with Gasteiger partial charge in [-0.25, -0.2) is 21.6 Å². The number of nitrogens with one attached hydrogen (secondary N) is 2. The fourth-order valence-corrected chi connectivity index (χ4v) is 5.58. The maximum Gasteiger partial charge on any atom is 0.242 e. The van der Waals surface area contributed by atoms with Crippen molar-refractivity contribution >= 4 is 19.9 Å².